The molecule has 3 rings (SSSR count). The van der Waals surface area contributed by atoms with Crippen LogP contribution in [0.25, 0.3) is 5.76 Å². The molecular formula is C16H12FN5O4. The van der Waals surface area contributed by atoms with Crippen molar-refractivity contribution in [1.29, 1.82) is 0 Å². The van der Waals surface area contributed by atoms with E-state index in [9.17, 15) is 24.2 Å². The SMILES string of the molecule is O=C(C=C(O)c1cc(C(=O)O)n(Cc2ccccc2F)c1)c1nn[nH]n1. The van der Waals surface area contributed by atoms with Crippen molar-refractivity contribution in [2.24, 2.45) is 0 Å². The Balaban J connectivity index is 1.93. The average Bonchev–Trinajstić information content (AvgIpc) is 3.26. The number of ketones is 1. The van der Waals surface area contributed by atoms with E-state index in [0.717, 1.165) is 6.08 Å². The number of nitrogens with one attached hydrogen (secondary N) is 1. The van der Waals surface area contributed by atoms with Gasteiger partial charge in [-0.15, -0.1) is 10.2 Å². The zero-order valence-corrected chi connectivity index (χ0v) is 13.1. The Kier molecular flexibility index (Phi) is 4.56. The standard InChI is InChI=1S/C16H12FN5O4/c17-11-4-2-1-3-9(11)7-22-8-10(5-12(22)16(25)26)13(23)6-14(24)15-18-20-21-19-15/h1-6,8,23H,7H2,(H,25,26)(H,18,19,20,21). The largest absolute Gasteiger partial charge is 0.507 e. The first-order valence-electron chi connectivity index (χ1n) is 7.31. The highest BCUT2D eigenvalue weighted by molar-refractivity contribution is 6.05. The van der Waals surface area contributed by atoms with E-state index < -0.39 is 23.3 Å². The van der Waals surface area contributed by atoms with Gasteiger partial charge in [-0.3, -0.25) is 4.79 Å². The summed E-state index contributed by atoms with van der Waals surface area (Å²) in [5.74, 6) is -3.18. The van der Waals surface area contributed by atoms with Crippen LogP contribution in [0.1, 0.15) is 32.2 Å². The number of aromatic amines is 1. The molecule has 2 heterocycles. The summed E-state index contributed by atoms with van der Waals surface area (Å²) in [5, 5.41) is 31.7. The van der Waals surface area contributed by atoms with Crippen molar-refractivity contribution in [3.63, 3.8) is 0 Å². The van der Waals surface area contributed by atoms with Gasteiger partial charge in [0.15, 0.2) is 0 Å². The lowest BCUT2D eigenvalue weighted by molar-refractivity contribution is 0.0685. The zero-order valence-electron chi connectivity index (χ0n) is 13.1. The molecule has 0 aliphatic carbocycles. The molecule has 1 aromatic carbocycles. The maximum Gasteiger partial charge on any atom is 0.352 e. The molecule has 2 aromatic heterocycles. The van der Waals surface area contributed by atoms with E-state index >= 15 is 0 Å². The van der Waals surface area contributed by atoms with Gasteiger partial charge < -0.3 is 14.8 Å². The number of aromatic nitrogens is 5. The van der Waals surface area contributed by atoms with E-state index in [1.807, 2.05) is 0 Å². The van der Waals surface area contributed by atoms with Gasteiger partial charge in [0.05, 0.1) is 6.54 Å². The number of hydrogen-bond acceptors (Lipinski definition) is 6. The van der Waals surface area contributed by atoms with Gasteiger partial charge in [0.25, 0.3) is 0 Å². The molecule has 0 spiro atoms. The van der Waals surface area contributed by atoms with Crippen LogP contribution in [0.4, 0.5) is 4.39 Å². The lowest BCUT2D eigenvalue weighted by Gasteiger charge is -2.07. The molecule has 132 valence electrons. The Morgan fingerprint density at radius 1 is 1.27 bits per heavy atom. The number of aliphatic hydroxyl groups excluding tert-OH is 1. The number of hydrogen-bond donors (Lipinski definition) is 3. The second-order valence-corrected chi connectivity index (χ2v) is 5.27. The molecule has 9 nitrogen and oxygen atoms in total. The highest BCUT2D eigenvalue weighted by Crippen LogP contribution is 2.19. The van der Waals surface area contributed by atoms with Crippen LogP contribution < -0.4 is 0 Å². The smallest absolute Gasteiger partial charge is 0.352 e. The Hall–Kier alpha value is -3.82. The van der Waals surface area contributed by atoms with Crippen molar-refractivity contribution in [3.05, 3.63) is 71.1 Å². The van der Waals surface area contributed by atoms with Gasteiger partial charge in [-0.1, -0.05) is 18.2 Å². The van der Waals surface area contributed by atoms with E-state index in [2.05, 4.69) is 20.6 Å². The lowest BCUT2D eigenvalue weighted by Crippen LogP contribution is -2.09. The van der Waals surface area contributed by atoms with Gasteiger partial charge in [0.2, 0.25) is 11.6 Å². The molecule has 0 amide bonds. The number of halogens is 1. The van der Waals surface area contributed by atoms with Crippen LogP contribution in [-0.4, -0.2) is 47.2 Å². The molecule has 3 aromatic rings. The quantitative estimate of drug-likeness (QED) is 0.347. The maximum atomic E-state index is 13.8. The molecule has 0 atom stereocenters. The van der Waals surface area contributed by atoms with Crippen LogP contribution in [-0.2, 0) is 6.54 Å². The van der Waals surface area contributed by atoms with E-state index in [1.54, 1.807) is 6.07 Å². The summed E-state index contributed by atoms with van der Waals surface area (Å²) >= 11 is 0. The third-order valence-electron chi connectivity index (χ3n) is 3.54. The molecular weight excluding hydrogens is 345 g/mol. The molecule has 3 N–H and O–H groups in total. The second-order valence-electron chi connectivity index (χ2n) is 5.27. The fourth-order valence-corrected chi connectivity index (χ4v) is 2.31. The number of H-pyrrole nitrogens is 1. The van der Waals surface area contributed by atoms with Crippen LogP contribution >= 0.6 is 0 Å². The van der Waals surface area contributed by atoms with E-state index in [-0.39, 0.29) is 29.2 Å². The number of carboxylic acid groups (broad SMARTS) is 1. The van der Waals surface area contributed by atoms with Crippen molar-refractivity contribution in [2.75, 3.05) is 0 Å². The molecule has 0 fully saturated rings. The number of benzene rings is 1. The first kappa shape index (κ1) is 17.0. The third-order valence-corrected chi connectivity index (χ3v) is 3.54. The van der Waals surface area contributed by atoms with Gasteiger partial charge in [0.1, 0.15) is 17.3 Å². The van der Waals surface area contributed by atoms with Gasteiger partial charge in [-0.2, -0.15) is 5.21 Å². The fraction of sp³-hybridized carbons (Fsp3) is 0.0625. The van der Waals surface area contributed by atoms with Crippen molar-refractivity contribution in [3.8, 4) is 0 Å². The molecule has 0 unspecified atom stereocenters. The van der Waals surface area contributed by atoms with Gasteiger partial charge in [-0.25, -0.2) is 9.18 Å². The van der Waals surface area contributed by atoms with E-state index in [0.29, 0.717) is 0 Å². The number of tetrazole rings is 1. The number of carboxylic acids is 1. The zero-order chi connectivity index (χ0) is 18.7. The Labute approximate surface area is 145 Å². The minimum absolute atomic E-state index is 0.0552. The third kappa shape index (κ3) is 3.48. The monoisotopic (exact) mass is 357 g/mol. The molecule has 0 saturated heterocycles. The summed E-state index contributed by atoms with van der Waals surface area (Å²) in [5.41, 5.74) is 0.189. The molecule has 0 aliphatic rings. The summed E-state index contributed by atoms with van der Waals surface area (Å²) in [6.07, 6.45) is 2.16. The van der Waals surface area contributed by atoms with Crippen molar-refractivity contribution in [2.45, 2.75) is 6.54 Å². The Morgan fingerprint density at radius 3 is 2.69 bits per heavy atom. The van der Waals surface area contributed by atoms with E-state index in [4.69, 9.17) is 0 Å². The number of nitrogens with zero attached hydrogens (tertiary/aromatic N) is 4. The van der Waals surface area contributed by atoms with Crippen molar-refractivity contribution < 1.29 is 24.2 Å². The normalized spacial score (nSPS) is 11.5. The Morgan fingerprint density at radius 2 is 2.04 bits per heavy atom. The van der Waals surface area contributed by atoms with Crippen LogP contribution in [0.5, 0.6) is 0 Å². The topological polar surface area (TPSA) is 134 Å². The summed E-state index contributed by atoms with van der Waals surface area (Å²) < 4.78 is 15.1. The summed E-state index contributed by atoms with van der Waals surface area (Å²) in [7, 11) is 0. The molecule has 10 heteroatoms. The van der Waals surface area contributed by atoms with Crippen LogP contribution in [0, 0.1) is 5.82 Å². The molecule has 26 heavy (non-hydrogen) atoms. The number of aliphatic hydroxyl groups is 1. The lowest BCUT2D eigenvalue weighted by atomic mass is 10.2. The van der Waals surface area contributed by atoms with Crippen LogP contribution in [0.15, 0.2) is 42.6 Å². The maximum absolute atomic E-state index is 13.8. The highest BCUT2D eigenvalue weighted by Gasteiger charge is 2.17. The minimum atomic E-state index is -1.26. The molecule has 0 aliphatic heterocycles. The van der Waals surface area contributed by atoms with Crippen molar-refractivity contribution in [1.82, 2.24) is 25.2 Å². The average molecular weight is 357 g/mol. The van der Waals surface area contributed by atoms with Crippen molar-refractivity contribution >= 4 is 17.5 Å². The number of carbonyl (C=O) groups excluding carboxylic acids is 1. The van der Waals surface area contributed by atoms with Gasteiger partial charge in [-0.05, 0) is 17.3 Å². The summed E-state index contributed by atoms with van der Waals surface area (Å²) in [6.45, 7) is -0.0552. The first-order valence-corrected chi connectivity index (χ1v) is 7.31. The predicted octanol–water partition coefficient (Wildman–Crippen LogP) is 1.67. The minimum Gasteiger partial charge on any atom is -0.507 e. The number of aromatic carboxylic acids is 1. The Bertz CT molecular complexity index is 994. The van der Waals surface area contributed by atoms with Gasteiger partial charge >= 0.3 is 5.97 Å². The first-order chi connectivity index (χ1) is 12.5. The van der Waals surface area contributed by atoms with Gasteiger partial charge in [0, 0.05) is 23.4 Å². The number of rotatable bonds is 6. The molecule has 0 saturated carbocycles. The highest BCUT2D eigenvalue weighted by atomic mass is 19.1. The molecule has 0 radical (unpaired) electrons. The molecule has 0 bridgehead atoms. The van der Waals surface area contributed by atoms with Crippen LogP contribution in [0.3, 0.4) is 0 Å². The van der Waals surface area contributed by atoms with E-state index in [1.165, 1.54) is 35.0 Å². The summed E-state index contributed by atoms with van der Waals surface area (Å²) in [6, 6.07) is 7.12. The second kappa shape index (κ2) is 6.97. The van der Waals surface area contributed by atoms with Crippen LogP contribution in [0.2, 0.25) is 0 Å². The predicted molar refractivity (Wildman–Crippen MR) is 86.0 cm³/mol. The number of allylic oxidation sites excluding steroid dienone is 1. The number of carbonyl (C=O) groups is 2. The summed E-state index contributed by atoms with van der Waals surface area (Å²) in [4.78, 5) is 23.3. The fourth-order valence-electron chi connectivity index (χ4n) is 2.31.